The van der Waals surface area contributed by atoms with Crippen LogP contribution in [0, 0.1) is 5.92 Å². The molecule has 7 nitrogen and oxygen atoms in total. The molecule has 0 spiro atoms. The first-order chi connectivity index (χ1) is 16.6. The smallest absolute Gasteiger partial charge is 0.361 e. The van der Waals surface area contributed by atoms with Crippen LogP contribution in [0.1, 0.15) is 42.1 Å². The molecular weight excluding hydrogens is 477 g/mol. The second kappa shape index (κ2) is 10.5. The van der Waals surface area contributed by atoms with Gasteiger partial charge in [-0.15, -0.1) is 10.2 Å². The standard InChI is InChI=1S/C24H31F3N6OS/c1-15(2)8-9-17(12-16-13-28-19-7-5-4-6-18(16)19)29-21(34)22-30-31-23(35-22)33-11-10-32(3)20(14-33)24(25,26)27/h4-7,13,15,17,20,28H,8-12,14H2,1-3H3,(H,29,34). The number of piperazine rings is 1. The zero-order valence-electron chi connectivity index (χ0n) is 20.1. The van der Waals surface area contributed by atoms with Gasteiger partial charge in [0.15, 0.2) is 0 Å². The molecule has 1 aliphatic heterocycles. The summed E-state index contributed by atoms with van der Waals surface area (Å²) in [6.07, 6.45) is 0.0754. The van der Waals surface area contributed by atoms with Gasteiger partial charge < -0.3 is 15.2 Å². The number of fused-ring (bicyclic) bond motifs is 1. The SMILES string of the molecule is CC(C)CCC(Cc1c[nH]c2ccccc12)NC(=O)c1nnc(N2CCN(C)C(C(F)(F)F)C2)s1. The van der Waals surface area contributed by atoms with E-state index in [9.17, 15) is 18.0 Å². The van der Waals surface area contributed by atoms with Crippen LogP contribution in [-0.4, -0.2) is 70.9 Å². The molecule has 2 aromatic heterocycles. The molecule has 0 radical (unpaired) electrons. The van der Waals surface area contributed by atoms with Crippen molar-refractivity contribution in [1.29, 1.82) is 0 Å². The zero-order chi connectivity index (χ0) is 25.2. The third-order valence-corrected chi connectivity index (χ3v) is 7.46. The van der Waals surface area contributed by atoms with Crippen LogP contribution >= 0.6 is 11.3 Å². The highest BCUT2D eigenvalue weighted by Gasteiger charge is 2.45. The van der Waals surface area contributed by atoms with Crippen LogP contribution in [0.3, 0.4) is 0 Å². The maximum absolute atomic E-state index is 13.4. The summed E-state index contributed by atoms with van der Waals surface area (Å²) in [5, 5.41) is 12.8. The molecule has 3 aromatic rings. The second-order valence-corrected chi connectivity index (χ2v) is 10.5. The molecule has 1 saturated heterocycles. The van der Waals surface area contributed by atoms with Gasteiger partial charge in [-0.25, -0.2) is 0 Å². The number of amides is 1. The molecule has 2 atom stereocenters. The van der Waals surface area contributed by atoms with E-state index in [1.807, 2.05) is 24.4 Å². The molecule has 1 fully saturated rings. The average Bonchev–Trinajstić information content (AvgIpc) is 3.45. The van der Waals surface area contributed by atoms with Crippen molar-refractivity contribution in [2.24, 2.45) is 5.92 Å². The summed E-state index contributed by atoms with van der Waals surface area (Å²) >= 11 is 1.04. The van der Waals surface area contributed by atoms with Crippen molar-refractivity contribution in [3.63, 3.8) is 0 Å². The summed E-state index contributed by atoms with van der Waals surface area (Å²) in [7, 11) is 1.47. The van der Waals surface area contributed by atoms with E-state index < -0.39 is 12.2 Å². The van der Waals surface area contributed by atoms with Crippen molar-refractivity contribution < 1.29 is 18.0 Å². The third-order valence-electron chi connectivity index (χ3n) is 6.47. The Morgan fingerprint density at radius 3 is 2.74 bits per heavy atom. The average molecular weight is 509 g/mol. The first-order valence-corrected chi connectivity index (χ1v) is 12.6. The first-order valence-electron chi connectivity index (χ1n) is 11.8. The summed E-state index contributed by atoms with van der Waals surface area (Å²) < 4.78 is 40.1. The lowest BCUT2D eigenvalue weighted by molar-refractivity contribution is -0.180. The maximum atomic E-state index is 13.4. The molecule has 2 unspecified atom stereocenters. The minimum atomic E-state index is -4.33. The fourth-order valence-corrected chi connectivity index (χ4v) is 5.19. The Kier molecular flexibility index (Phi) is 7.65. The van der Waals surface area contributed by atoms with Gasteiger partial charge in [0.2, 0.25) is 10.1 Å². The molecule has 1 aromatic carbocycles. The number of aromatic amines is 1. The number of nitrogens with one attached hydrogen (secondary N) is 2. The topological polar surface area (TPSA) is 77.1 Å². The normalized spacial score (nSPS) is 18.4. The summed E-state index contributed by atoms with van der Waals surface area (Å²) in [6, 6.07) is 6.37. The van der Waals surface area contributed by atoms with Gasteiger partial charge in [-0.05, 0) is 43.9 Å². The lowest BCUT2D eigenvalue weighted by Gasteiger charge is -2.39. The Morgan fingerprint density at radius 1 is 1.23 bits per heavy atom. The predicted molar refractivity (Wildman–Crippen MR) is 132 cm³/mol. The molecule has 4 rings (SSSR count). The Morgan fingerprint density at radius 2 is 2.00 bits per heavy atom. The fraction of sp³-hybridized carbons (Fsp3) is 0.542. The highest BCUT2D eigenvalue weighted by Crippen LogP contribution is 2.30. The highest BCUT2D eigenvalue weighted by atomic mass is 32.1. The molecule has 3 heterocycles. The minimum absolute atomic E-state index is 0.102. The molecule has 190 valence electrons. The number of nitrogens with zero attached hydrogens (tertiary/aromatic N) is 4. The number of carbonyl (C=O) groups excluding carboxylic acids is 1. The van der Waals surface area contributed by atoms with Crippen LogP contribution in [-0.2, 0) is 6.42 Å². The lowest BCUT2D eigenvalue weighted by Crippen LogP contribution is -2.57. The molecule has 1 amide bonds. The molecule has 0 saturated carbocycles. The summed E-state index contributed by atoms with van der Waals surface area (Å²) in [5.74, 6) is 0.146. The number of halogens is 3. The molecule has 0 aliphatic carbocycles. The van der Waals surface area contributed by atoms with Gasteiger partial charge in [-0.3, -0.25) is 9.69 Å². The summed E-state index contributed by atoms with van der Waals surface area (Å²) in [5.41, 5.74) is 2.18. The second-order valence-electron chi connectivity index (χ2n) is 9.58. The van der Waals surface area contributed by atoms with E-state index in [1.54, 1.807) is 4.90 Å². The first kappa shape index (κ1) is 25.4. The van der Waals surface area contributed by atoms with Crippen molar-refractivity contribution in [1.82, 2.24) is 25.4 Å². The number of likely N-dealkylation sites (N-methyl/N-ethyl adjacent to an activating group) is 1. The van der Waals surface area contributed by atoms with Crippen molar-refractivity contribution in [3.8, 4) is 0 Å². The van der Waals surface area contributed by atoms with E-state index in [2.05, 4.69) is 40.4 Å². The minimum Gasteiger partial charge on any atom is -0.361 e. The lowest BCUT2D eigenvalue weighted by atomic mass is 9.97. The number of hydrogen-bond donors (Lipinski definition) is 2. The van der Waals surface area contributed by atoms with Gasteiger partial charge in [0.25, 0.3) is 5.91 Å². The van der Waals surface area contributed by atoms with E-state index in [0.29, 0.717) is 24.0 Å². The number of benzene rings is 1. The van der Waals surface area contributed by atoms with Gasteiger partial charge in [0.1, 0.15) is 6.04 Å². The largest absolute Gasteiger partial charge is 0.405 e. The predicted octanol–water partition coefficient (Wildman–Crippen LogP) is 4.48. The fourth-order valence-electron chi connectivity index (χ4n) is 4.41. The van der Waals surface area contributed by atoms with Crippen molar-refractivity contribution in [2.45, 2.75) is 51.4 Å². The Hall–Kier alpha value is -2.66. The number of H-pyrrole nitrogens is 1. The van der Waals surface area contributed by atoms with E-state index in [-0.39, 0.29) is 30.0 Å². The van der Waals surface area contributed by atoms with Gasteiger partial charge in [0, 0.05) is 42.8 Å². The van der Waals surface area contributed by atoms with E-state index in [1.165, 1.54) is 11.9 Å². The monoisotopic (exact) mass is 508 g/mol. The van der Waals surface area contributed by atoms with E-state index in [0.717, 1.165) is 40.6 Å². The number of para-hydroxylation sites is 1. The summed E-state index contributed by atoms with van der Waals surface area (Å²) in [4.78, 5) is 19.2. The van der Waals surface area contributed by atoms with Crippen LogP contribution in [0.5, 0.6) is 0 Å². The van der Waals surface area contributed by atoms with Crippen molar-refractivity contribution in [2.75, 3.05) is 31.6 Å². The molecular formula is C24H31F3N6OS. The molecule has 35 heavy (non-hydrogen) atoms. The quantitative estimate of drug-likeness (QED) is 0.469. The Balaban J connectivity index is 1.45. The van der Waals surface area contributed by atoms with Crippen LogP contribution < -0.4 is 10.2 Å². The number of alkyl halides is 3. The molecule has 2 N–H and O–H groups in total. The van der Waals surface area contributed by atoms with Crippen LogP contribution in [0.15, 0.2) is 30.5 Å². The number of carbonyl (C=O) groups is 1. The van der Waals surface area contributed by atoms with E-state index in [4.69, 9.17) is 0 Å². The maximum Gasteiger partial charge on any atom is 0.405 e. The number of aromatic nitrogens is 3. The summed E-state index contributed by atoms with van der Waals surface area (Å²) in [6.45, 7) is 4.72. The number of rotatable bonds is 8. The zero-order valence-corrected chi connectivity index (χ0v) is 20.9. The van der Waals surface area contributed by atoms with Crippen LogP contribution in [0.25, 0.3) is 10.9 Å². The van der Waals surface area contributed by atoms with Crippen LogP contribution in [0.2, 0.25) is 0 Å². The van der Waals surface area contributed by atoms with Gasteiger partial charge in [-0.2, -0.15) is 13.2 Å². The van der Waals surface area contributed by atoms with Crippen LogP contribution in [0.4, 0.5) is 18.3 Å². The molecule has 11 heteroatoms. The van der Waals surface area contributed by atoms with E-state index >= 15 is 0 Å². The molecule has 1 aliphatic rings. The molecule has 0 bridgehead atoms. The number of hydrogen-bond acceptors (Lipinski definition) is 6. The Labute approximate surface area is 206 Å². The highest BCUT2D eigenvalue weighted by molar-refractivity contribution is 7.17. The third kappa shape index (κ3) is 6.13. The Bertz CT molecular complexity index is 1140. The van der Waals surface area contributed by atoms with Crippen molar-refractivity contribution >= 4 is 33.3 Å². The van der Waals surface area contributed by atoms with Gasteiger partial charge in [0.05, 0.1) is 0 Å². The number of anilines is 1. The van der Waals surface area contributed by atoms with Gasteiger partial charge >= 0.3 is 6.18 Å². The van der Waals surface area contributed by atoms with Crippen molar-refractivity contribution in [3.05, 3.63) is 41.0 Å². The van der Waals surface area contributed by atoms with Gasteiger partial charge in [-0.1, -0.05) is 43.4 Å².